The SMILES string of the molecule is Cc1c2ccoc2c(C(C)N)c2ccoc12. The number of hydrogen-bond donors (Lipinski definition) is 1. The van der Waals surface area contributed by atoms with Gasteiger partial charge >= 0.3 is 0 Å². The minimum atomic E-state index is -0.0747. The summed E-state index contributed by atoms with van der Waals surface area (Å²) < 4.78 is 11.1. The van der Waals surface area contributed by atoms with Crippen molar-refractivity contribution < 1.29 is 8.83 Å². The predicted molar refractivity (Wildman–Crippen MR) is 63.3 cm³/mol. The smallest absolute Gasteiger partial charge is 0.139 e. The molecular formula is C13H13NO2. The summed E-state index contributed by atoms with van der Waals surface area (Å²) in [6.45, 7) is 3.99. The summed E-state index contributed by atoms with van der Waals surface area (Å²) in [5.41, 5.74) is 9.92. The molecule has 3 aromatic rings. The summed E-state index contributed by atoms with van der Waals surface area (Å²) in [5.74, 6) is 0. The second-order valence-corrected chi connectivity index (χ2v) is 4.15. The number of benzene rings is 1. The van der Waals surface area contributed by atoms with E-state index in [-0.39, 0.29) is 6.04 Å². The summed E-state index contributed by atoms with van der Waals surface area (Å²) in [5, 5.41) is 2.13. The zero-order valence-electron chi connectivity index (χ0n) is 9.28. The zero-order chi connectivity index (χ0) is 11.3. The van der Waals surface area contributed by atoms with E-state index in [1.54, 1.807) is 12.5 Å². The first-order valence-electron chi connectivity index (χ1n) is 5.32. The molecule has 16 heavy (non-hydrogen) atoms. The number of aryl methyl sites for hydroxylation is 1. The minimum absolute atomic E-state index is 0.0747. The summed E-state index contributed by atoms with van der Waals surface area (Å²) in [6, 6.07) is 3.83. The molecule has 0 radical (unpaired) electrons. The van der Waals surface area contributed by atoms with Gasteiger partial charge < -0.3 is 14.6 Å². The van der Waals surface area contributed by atoms with Crippen molar-refractivity contribution in [1.29, 1.82) is 0 Å². The molecule has 0 bridgehead atoms. The molecule has 1 aromatic carbocycles. The van der Waals surface area contributed by atoms with Crippen LogP contribution < -0.4 is 5.73 Å². The van der Waals surface area contributed by atoms with Crippen LogP contribution in [-0.2, 0) is 0 Å². The summed E-state index contributed by atoms with van der Waals surface area (Å²) in [4.78, 5) is 0. The van der Waals surface area contributed by atoms with Crippen LogP contribution in [0.15, 0.2) is 33.5 Å². The third-order valence-corrected chi connectivity index (χ3v) is 3.07. The highest BCUT2D eigenvalue weighted by Crippen LogP contribution is 2.36. The number of nitrogens with two attached hydrogens (primary N) is 1. The van der Waals surface area contributed by atoms with Crippen LogP contribution in [0.25, 0.3) is 21.9 Å². The number of fused-ring (bicyclic) bond motifs is 2. The van der Waals surface area contributed by atoms with Crippen molar-refractivity contribution in [3.05, 3.63) is 35.8 Å². The topological polar surface area (TPSA) is 52.3 Å². The van der Waals surface area contributed by atoms with Crippen molar-refractivity contribution in [3.8, 4) is 0 Å². The Bertz CT molecular complexity index is 609. The maximum atomic E-state index is 6.01. The molecule has 0 aliphatic heterocycles. The van der Waals surface area contributed by atoms with E-state index >= 15 is 0 Å². The first kappa shape index (κ1) is 9.48. The van der Waals surface area contributed by atoms with Crippen LogP contribution in [0, 0.1) is 6.92 Å². The molecule has 1 unspecified atom stereocenters. The molecule has 3 rings (SSSR count). The Morgan fingerprint density at radius 1 is 1.06 bits per heavy atom. The van der Waals surface area contributed by atoms with Crippen molar-refractivity contribution in [2.24, 2.45) is 5.73 Å². The number of rotatable bonds is 1. The summed E-state index contributed by atoms with van der Waals surface area (Å²) in [6.07, 6.45) is 3.39. The van der Waals surface area contributed by atoms with Crippen LogP contribution in [-0.4, -0.2) is 0 Å². The van der Waals surface area contributed by atoms with Gasteiger partial charge in [-0.3, -0.25) is 0 Å². The maximum absolute atomic E-state index is 6.01. The lowest BCUT2D eigenvalue weighted by atomic mass is 9.98. The molecule has 0 fully saturated rings. The van der Waals surface area contributed by atoms with E-state index in [1.807, 2.05) is 26.0 Å². The first-order valence-corrected chi connectivity index (χ1v) is 5.32. The molecule has 3 nitrogen and oxygen atoms in total. The van der Waals surface area contributed by atoms with Crippen LogP contribution in [0.5, 0.6) is 0 Å². The largest absolute Gasteiger partial charge is 0.464 e. The van der Waals surface area contributed by atoms with E-state index in [0.29, 0.717) is 0 Å². The Morgan fingerprint density at radius 3 is 2.38 bits per heavy atom. The average Bonchev–Trinajstić information content (AvgIpc) is 2.84. The van der Waals surface area contributed by atoms with Gasteiger partial charge in [-0.2, -0.15) is 0 Å². The van der Waals surface area contributed by atoms with Gasteiger partial charge in [0.25, 0.3) is 0 Å². The molecule has 1 atom stereocenters. The van der Waals surface area contributed by atoms with Gasteiger partial charge in [-0.1, -0.05) is 0 Å². The van der Waals surface area contributed by atoms with Crippen LogP contribution in [0.4, 0.5) is 0 Å². The van der Waals surface area contributed by atoms with Crippen LogP contribution in [0.2, 0.25) is 0 Å². The Kier molecular flexibility index (Phi) is 1.85. The lowest BCUT2D eigenvalue weighted by Crippen LogP contribution is -2.06. The number of furan rings is 2. The van der Waals surface area contributed by atoms with Crippen molar-refractivity contribution in [3.63, 3.8) is 0 Å². The maximum Gasteiger partial charge on any atom is 0.139 e. The van der Waals surface area contributed by atoms with Gasteiger partial charge in [0.1, 0.15) is 11.2 Å². The van der Waals surface area contributed by atoms with Crippen molar-refractivity contribution in [2.45, 2.75) is 19.9 Å². The quantitative estimate of drug-likeness (QED) is 0.675. The second kappa shape index (κ2) is 3.12. The zero-order valence-corrected chi connectivity index (χ0v) is 9.28. The monoisotopic (exact) mass is 215 g/mol. The fourth-order valence-corrected chi connectivity index (χ4v) is 2.32. The van der Waals surface area contributed by atoms with E-state index in [4.69, 9.17) is 14.6 Å². The Morgan fingerprint density at radius 2 is 1.69 bits per heavy atom. The average molecular weight is 215 g/mol. The van der Waals surface area contributed by atoms with Gasteiger partial charge in [0.15, 0.2) is 0 Å². The van der Waals surface area contributed by atoms with E-state index in [2.05, 4.69) is 0 Å². The Hall–Kier alpha value is -1.74. The van der Waals surface area contributed by atoms with Gasteiger partial charge in [0.05, 0.1) is 12.5 Å². The van der Waals surface area contributed by atoms with E-state index in [1.165, 1.54) is 0 Å². The molecule has 2 N–H and O–H groups in total. The van der Waals surface area contributed by atoms with Gasteiger partial charge in [0, 0.05) is 27.9 Å². The number of hydrogen-bond acceptors (Lipinski definition) is 3. The van der Waals surface area contributed by atoms with Crippen molar-refractivity contribution >= 4 is 21.9 Å². The molecule has 0 spiro atoms. The van der Waals surface area contributed by atoms with E-state index in [0.717, 1.165) is 33.1 Å². The van der Waals surface area contributed by atoms with Gasteiger partial charge in [-0.25, -0.2) is 0 Å². The lowest BCUT2D eigenvalue weighted by molar-refractivity contribution is 0.603. The normalized spacial score (nSPS) is 13.7. The second-order valence-electron chi connectivity index (χ2n) is 4.15. The fourth-order valence-electron chi connectivity index (χ4n) is 2.32. The minimum Gasteiger partial charge on any atom is -0.464 e. The van der Waals surface area contributed by atoms with Gasteiger partial charge in [0.2, 0.25) is 0 Å². The van der Waals surface area contributed by atoms with Crippen molar-refractivity contribution in [2.75, 3.05) is 0 Å². The molecule has 0 aliphatic rings. The van der Waals surface area contributed by atoms with Crippen LogP contribution in [0.3, 0.4) is 0 Å². The highest BCUT2D eigenvalue weighted by molar-refractivity contribution is 6.01. The molecular weight excluding hydrogens is 202 g/mol. The Labute approximate surface area is 92.8 Å². The standard InChI is InChI=1S/C13H13NO2/c1-7-9-3-5-16-13(9)11(8(2)14)10-4-6-15-12(7)10/h3-6,8H,14H2,1-2H3. The lowest BCUT2D eigenvalue weighted by Gasteiger charge is -2.09. The van der Waals surface area contributed by atoms with E-state index in [9.17, 15) is 0 Å². The molecule has 82 valence electrons. The molecule has 2 heterocycles. The molecule has 2 aromatic heterocycles. The third-order valence-electron chi connectivity index (χ3n) is 3.07. The highest BCUT2D eigenvalue weighted by atomic mass is 16.3. The molecule has 3 heteroatoms. The van der Waals surface area contributed by atoms with Crippen LogP contribution >= 0.6 is 0 Å². The van der Waals surface area contributed by atoms with Gasteiger partial charge in [-0.15, -0.1) is 0 Å². The van der Waals surface area contributed by atoms with Crippen LogP contribution in [0.1, 0.15) is 24.1 Å². The third kappa shape index (κ3) is 1.06. The molecule has 0 saturated carbocycles. The van der Waals surface area contributed by atoms with E-state index < -0.39 is 0 Å². The predicted octanol–water partition coefficient (Wildman–Crippen LogP) is 3.51. The summed E-state index contributed by atoms with van der Waals surface area (Å²) in [7, 11) is 0. The van der Waals surface area contributed by atoms with Crippen molar-refractivity contribution in [1.82, 2.24) is 0 Å². The molecule has 0 amide bonds. The Balaban J connectivity index is 2.62. The highest BCUT2D eigenvalue weighted by Gasteiger charge is 2.18. The first-order chi connectivity index (χ1) is 7.70. The molecule has 0 saturated heterocycles. The summed E-state index contributed by atoms with van der Waals surface area (Å²) >= 11 is 0. The van der Waals surface area contributed by atoms with Gasteiger partial charge in [-0.05, 0) is 26.0 Å². The fraction of sp³-hybridized carbons (Fsp3) is 0.231. The molecule has 0 aliphatic carbocycles.